The number of likely N-dealkylation sites (tertiary alicyclic amines) is 1. The van der Waals surface area contributed by atoms with Gasteiger partial charge >= 0.3 is 0 Å². The van der Waals surface area contributed by atoms with Gasteiger partial charge in [-0.25, -0.2) is 4.98 Å². The Labute approximate surface area is 169 Å². The molecule has 0 radical (unpaired) electrons. The highest BCUT2D eigenvalue weighted by atomic mass is 32.1. The maximum Gasteiger partial charge on any atom is 0.227 e. The molecule has 3 heterocycles. The summed E-state index contributed by atoms with van der Waals surface area (Å²) >= 11 is 1.71. The van der Waals surface area contributed by atoms with Crippen molar-refractivity contribution in [2.24, 2.45) is 5.92 Å². The van der Waals surface area contributed by atoms with E-state index in [-0.39, 0.29) is 17.7 Å². The largest absolute Gasteiger partial charge is 0.378 e. The number of nitrogens with zero attached hydrogens (tertiary/aromatic N) is 3. The van der Waals surface area contributed by atoms with Gasteiger partial charge < -0.3 is 14.5 Å². The number of aromatic nitrogens is 1. The summed E-state index contributed by atoms with van der Waals surface area (Å²) in [7, 11) is 0. The highest BCUT2D eigenvalue weighted by molar-refractivity contribution is 7.18. The van der Waals surface area contributed by atoms with E-state index in [0.29, 0.717) is 39.3 Å². The molecule has 1 aromatic carbocycles. The number of benzene rings is 1. The molecule has 28 heavy (non-hydrogen) atoms. The first-order chi connectivity index (χ1) is 13.7. The van der Waals surface area contributed by atoms with E-state index in [9.17, 15) is 9.59 Å². The molecule has 2 aromatic rings. The summed E-state index contributed by atoms with van der Waals surface area (Å²) in [5.41, 5.74) is 1.04. The van der Waals surface area contributed by atoms with Crippen LogP contribution in [0.15, 0.2) is 24.3 Å². The van der Waals surface area contributed by atoms with Crippen molar-refractivity contribution in [1.82, 2.24) is 14.8 Å². The number of hydrogen-bond acceptors (Lipinski definition) is 5. The Morgan fingerprint density at radius 2 is 1.96 bits per heavy atom. The zero-order valence-corrected chi connectivity index (χ0v) is 17.0. The van der Waals surface area contributed by atoms with Gasteiger partial charge in [-0.15, -0.1) is 11.3 Å². The van der Waals surface area contributed by atoms with Gasteiger partial charge in [-0.3, -0.25) is 9.59 Å². The van der Waals surface area contributed by atoms with Crippen molar-refractivity contribution >= 4 is 33.4 Å². The maximum atomic E-state index is 12.7. The fourth-order valence-corrected chi connectivity index (χ4v) is 5.03. The summed E-state index contributed by atoms with van der Waals surface area (Å²) in [5.74, 6) is 0.302. The smallest absolute Gasteiger partial charge is 0.227 e. The van der Waals surface area contributed by atoms with Crippen molar-refractivity contribution < 1.29 is 14.3 Å². The average Bonchev–Trinajstić information content (AvgIpc) is 3.16. The van der Waals surface area contributed by atoms with Crippen LogP contribution in [-0.4, -0.2) is 66.0 Å². The second-order valence-electron chi connectivity index (χ2n) is 7.55. The topological polar surface area (TPSA) is 62.7 Å². The highest BCUT2D eigenvalue weighted by Crippen LogP contribution is 2.24. The summed E-state index contributed by atoms with van der Waals surface area (Å²) in [4.78, 5) is 33.8. The predicted octanol–water partition coefficient (Wildman–Crippen LogP) is 2.72. The lowest BCUT2D eigenvalue weighted by Gasteiger charge is -2.36. The Hall–Kier alpha value is -1.99. The van der Waals surface area contributed by atoms with Gasteiger partial charge in [0.05, 0.1) is 34.4 Å². The minimum absolute atomic E-state index is 0.0555. The molecule has 7 heteroatoms. The summed E-state index contributed by atoms with van der Waals surface area (Å²) < 4.78 is 6.53. The molecule has 1 aromatic heterocycles. The first kappa shape index (κ1) is 19.3. The van der Waals surface area contributed by atoms with Crippen LogP contribution < -0.4 is 0 Å². The number of carbonyl (C=O) groups excluding carboxylic acids is 2. The van der Waals surface area contributed by atoms with Crippen LogP contribution in [0.5, 0.6) is 0 Å². The zero-order chi connectivity index (χ0) is 19.3. The lowest BCUT2D eigenvalue weighted by Crippen LogP contribution is -2.49. The third-order valence-electron chi connectivity index (χ3n) is 5.57. The number of piperidine rings is 1. The van der Waals surface area contributed by atoms with Crippen molar-refractivity contribution in [3.8, 4) is 0 Å². The maximum absolute atomic E-state index is 12.7. The van der Waals surface area contributed by atoms with Gasteiger partial charge in [0.15, 0.2) is 0 Å². The van der Waals surface area contributed by atoms with Crippen molar-refractivity contribution in [3.63, 3.8) is 0 Å². The molecule has 2 aliphatic rings. The van der Waals surface area contributed by atoms with Crippen LogP contribution in [0.1, 0.15) is 30.7 Å². The summed E-state index contributed by atoms with van der Waals surface area (Å²) in [5, 5.41) is 1.09. The van der Waals surface area contributed by atoms with Crippen molar-refractivity contribution in [3.05, 3.63) is 29.3 Å². The molecule has 2 saturated heterocycles. The molecule has 0 spiro atoms. The number of rotatable bonds is 5. The minimum Gasteiger partial charge on any atom is -0.378 e. The fourth-order valence-electron chi connectivity index (χ4n) is 4.02. The number of morpholine rings is 1. The quantitative estimate of drug-likeness (QED) is 0.773. The van der Waals surface area contributed by atoms with E-state index in [1.807, 2.05) is 28.0 Å². The number of thiazole rings is 1. The Morgan fingerprint density at radius 3 is 2.79 bits per heavy atom. The number of fused-ring (bicyclic) bond motifs is 1. The number of para-hydroxylation sites is 1. The molecular weight excluding hydrogens is 374 g/mol. The minimum atomic E-state index is -0.0555. The number of ether oxygens (including phenoxy) is 1. The van der Waals surface area contributed by atoms with Gasteiger partial charge in [0, 0.05) is 32.6 Å². The van der Waals surface area contributed by atoms with E-state index in [1.54, 1.807) is 11.3 Å². The van der Waals surface area contributed by atoms with Crippen LogP contribution in [0.4, 0.5) is 0 Å². The molecule has 0 N–H and O–H groups in total. The van der Waals surface area contributed by atoms with E-state index >= 15 is 0 Å². The molecule has 150 valence electrons. The summed E-state index contributed by atoms with van der Waals surface area (Å²) in [6.07, 6.45) is 3.94. The van der Waals surface area contributed by atoms with Gasteiger partial charge in [0.1, 0.15) is 0 Å². The number of hydrogen-bond donors (Lipinski definition) is 0. The van der Waals surface area contributed by atoms with Gasteiger partial charge in [-0.2, -0.15) is 0 Å². The SMILES string of the molecule is O=C(CCCc1nc2ccccc2s1)N1CCCC(C(=O)N2CCOCC2)C1. The second kappa shape index (κ2) is 9.01. The van der Waals surface area contributed by atoms with E-state index in [0.717, 1.165) is 42.8 Å². The van der Waals surface area contributed by atoms with Crippen LogP contribution in [-0.2, 0) is 20.7 Å². The Morgan fingerprint density at radius 1 is 1.14 bits per heavy atom. The fraction of sp³-hybridized carbons (Fsp3) is 0.571. The standard InChI is InChI=1S/C21H27N3O3S/c25-20(9-3-8-19-22-17-6-1-2-7-18(17)28-19)24-10-4-5-16(15-24)21(26)23-11-13-27-14-12-23/h1-2,6-7,16H,3-5,8-15H2. The normalized spacial score (nSPS) is 20.5. The van der Waals surface area contributed by atoms with E-state index in [4.69, 9.17) is 4.74 Å². The van der Waals surface area contributed by atoms with Gasteiger partial charge in [-0.1, -0.05) is 12.1 Å². The van der Waals surface area contributed by atoms with Gasteiger partial charge in [0.2, 0.25) is 11.8 Å². The molecule has 2 amide bonds. The van der Waals surface area contributed by atoms with Crippen LogP contribution in [0.25, 0.3) is 10.2 Å². The average molecular weight is 402 g/mol. The van der Waals surface area contributed by atoms with E-state index in [1.165, 1.54) is 4.70 Å². The first-order valence-electron chi connectivity index (χ1n) is 10.2. The Bertz CT molecular complexity index is 798. The van der Waals surface area contributed by atoms with Crippen LogP contribution in [0, 0.1) is 5.92 Å². The van der Waals surface area contributed by atoms with Crippen molar-refractivity contribution in [2.45, 2.75) is 32.1 Å². The van der Waals surface area contributed by atoms with Gasteiger partial charge in [-0.05, 0) is 37.8 Å². The lowest BCUT2D eigenvalue weighted by atomic mass is 9.96. The van der Waals surface area contributed by atoms with Crippen LogP contribution in [0.2, 0.25) is 0 Å². The third-order valence-corrected chi connectivity index (χ3v) is 6.66. The number of aryl methyl sites for hydroxylation is 1. The van der Waals surface area contributed by atoms with Crippen molar-refractivity contribution in [1.29, 1.82) is 0 Å². The zero-order valence-electron chi connectivity index (χ0n) is 16.1. The molecule has 4 rings (SSSR count). The molecule has 0 saturated carbocycles. The van der Waals surface area contributed by atoms with E-state index in [2.05, 4.69) is 11.1 Å². The lowest BCUT2D eigenvalue weighted by molar-refractivity contribution is -0.144. The highest BCUT2D eigenvalue weighted by Gasteiger charge is 2.31. The third kappa shape index (κ3) is 4.52. The molecule has 6 nitrogen and oxygen atoms in total. The van der Waals surface area contributed by atoms with Crippen LogP contribution >= 0.6 is 11.3 Å². The van der Waals surface area contributed by atoms with E-state index < -0.39 is 0 Å². The van der Waals surface area contributed by atoms with Crippen LogP contribution in [0.3, 0.4) is 0 Å². The summed E-state index contributed by atoms with van der Waals surface area (Å²) in [6.45, 7) is 3.92. The molecule has 2 fully saturated rings. The number of amides is 2. The number of carbonyl (C=O) groups is 2. The molecule has 0 aliphatic carbocycles. The summed E-state index contributed by atoms with van der Waals surface area (Å²) in [6, 6.07) is 8.14. The Kier molecular flexibility index (Phi) is 6.22. The molecular formula is C21H27N3O3S. The van der Waals surface area contributed by atoms with Gasteiger partial charge in [0.25, 0.3) is 0 Å². The van der Waals surface area contributed by atoms with Crippen molar-refractivity contribution in [2.75, 3.05) is 39.4 Å². The molecule has 2 aliphatic heterocycles. The first-order valence-corrected chi connectivity index (χ1v) is 11.0. The molecule has 1 atom stereocenters. The Balaban J connectivity index is 1.26. The predicted molar refractivity (Wildman–Crippen MR) is 109 cm³/mol. The molecule has 0 bridgehead atoms. The monoisotopic (exact) mass is 401 g/mol. The molecule has 1 unspecified atom stereocenters. The second-order valence-corrected chi connectivity index (χ2v) is 8.66.